The second-order valence-corrected chi connectivity index (χ2v) is 8.71. The first-order valence-electron chi connectivity index (χ1n) is 5.89. The number of rotatable bonds is 5. The van der Waals surface area contributed by atoms with Gasteiger partial charge in [0.25, 0.3) is 0 Å². The van der Waals surface area contributed by atoms with Crippen molar-refractivity contribution < 1.29 is 12.8 Å². The van der Waals surface area contributed by atoms with Crippen molar-refractivity contribution in [2.45, 2.75) is 31.1 Å². The number of halogens is 2. The average Bonchev–Trinajstić information content (AvgIpc) is 2.22. The molecule has 0 fully saturated rings. The Morgan fingerprint density at radius 1 is 1.37 bits per heavy atom. The smallest absolute Gasteiger partial charge is 0.154 e. The monoisotopic (exact) mass is 351 g/mol. The molecule has 1 aromatic rings. The van der Waals surface area contributed by atoms with Gasteiger partial charge in [0.15, 0.2) is 9.84 Å². The van der Waals surface area contributed by atoms with Crippen molar-refractivity contribution in [2.24, 2.45) is 0 Å². The molecule has 0 saturated heterocycles. The third-order valence-corrected chi connectivity index (χ3v) is 6.16. The Kier molecular flexibility index (Phi) is 5.15. The summed E-state index contributed by atoms with van der Waals surface area (Å²) in [6, 6.07) is 4.30. The van der Waals surface area contributed by atoms with Crippen LogP contribution in [-0.2, 0) is 16.3 Å². The first kappa shape index (κ1) is 16.6. The van der Waals surface area contributed by atoms with Crippen LogP contribution < -0.4 is 5.32 Å². The van der Waals surface area contributed by atoms with Crippen LogP contribution in [0.4, 0.5) is 4.39 Å². The van der Waals surface area contributed by atoms with Gasteiger partial charge in [-0.05, 0) is 51.1 Å². The molecule has 0 aliphatic carbocycles. The number of nitrogens with one attached hydrogen (secondary N) is 1. The molecule has 3 nitrogen and oxygen atoms in total. The maximum absolute atomic E-state index is 13.3. The zero-order chi connectivity index (χ0) is 14.8. The molecule has 0 radical (unpaired) electrons. The Hall–Kier alpha value is -0.460. The van der Waals surface area contributed by atoms with Crippen molar-refractivity contribution in [3.8, 4) is 0 Å². The Balaban J connectivity index is 3.07. The minimum Gasteiger partial charge on any atom is -0.315 e. The maximum Gasteiger partial charge on any atom is 0.154 e. The van der Waals surface area contributed by atoms with Gasteiger partial charge in [-0.2, -0.15) is 0 Å². The summed E-state index contributed by atoms with van der Waals surface area (Å²) in [6.45, 7) is 3.36. The highest BCUT2D eigenvalue weighted by molar-refractivity contribution is 9.10. The van der Waals surface area contributed by atoms with Gasteiger partial charge in [0, 0.05) is 16.8 Å². The molecule has 0 aromatic heterocycles. The van der Waals surface area contributed by atoms with Crippen LogP contribution in [0.25, 0.3) is 0 Å². The van der Waals surface area contributed by atoms with Crippen molar-refractivity contribution >= 4 is 25.8 Å². The number of likely N-dealkylation sites (N-methyl/N-ethyl adjacent to an activating group) is 1. The summed E-state index contributed by atoms with van der Waals surface area (Å²) in [5.41, 5.74) is 0.753. The Labute approximate surface area is 122 Å². The number of hydrogen-bond acceptors (Lipinski definition) is 3. The molecular weight excluding hydrogens is 333 g/mol. The summed E-state index contributed by atoms with van der Waals surface area (Å²) in [5.74, 6) is -0.337. The molecule has 0 saturated carbocycles. The third-order valence-electron chi connectivity index (χ3n) is 3.51. The van der Waals surface area contributed by atoms with Crippen molar-refractivity contribution in [3.05, 3.63) is 34.1 Å². The largest absolute Gasteiger partial charge is 0.315 e. The molecule has 0 heterocycles. The van der Waals surface area contributed by atoms with Crippen LogP contribution in [0.15, 0.2) is 22.7 Å². The molecule has 1 unspecified atom stereocenters. The summed E-state index contributed by atoms with van der Waals surface area (Å²) in [7, 11) is -1.51. The van der Waals surface area contributed by atoms with E-state index in [1.807, 2.05) is 0 Å². The fourth-order valence-electron chi connectivity index (χ4n) is 1.92. The molecule has 1 aromatic carbocycles. The van der Waals surface area contributed by atoms with Crippen LogP contribution in [0, 0.1) is 5.82 Å². The van der Waals surface area contributed by atoms with Gasteiger partial charge in [0.2, 0.25) is 0 Å². The van der Waals surface area contributed by atoms with Crippen LogP contribution in [0.1, 0.15) is 19.4 Å². The normalized spacial score (nSPS) is 14.4. The molecule has 0 spiro atoms. The SMILES string of the molecule is CNC(Cc1cc(F)cc(Br)c1)C(C)(C)S(C)(=O)=O. The van der Waals surface area contributed by atoms with E-state index in [4.69, 9.17) is 0 Å². The Morgan fingerprint density at radius 2 is 1.95 bits per heavy atom. The number of sulfone groups is 1. The van der Waals surface area contributed by atoms with E-state index in [1.54, 1.807) is 27.0 Å². The predicted octanol–water partition coefficient (Wildman–Crippen LogP) is 2.54. The molecular formula is C13H19BrFNO2S. The van der Waals surface area contributed by atoms with E-state index in [9.17, 15) is 12.8 Å². The molecule has 0 amide bonds. The predicted molar refractivity (Wildman–Crippen MR) is 79.6 cm³/mol. The van der Waals surface area contributed by atoms with E-state index >= 15 is 0 Å². The summed E-state index contributed by atoms with van der Waals surface area (Å²) in [4.78, 5) is 0. The van der Waals surface area contributed by atoms with Gasteiger partial charge in [-0.25, -0.2) is 12.8 Å². The van der Waals surface area contributed by atoms with Crippen LogP contribution in [0.5, 0.6) is 0 Å². The number of hydrogen-bond donors (Lipinski definition) is 1. The van der Waals surface area contributed by atoms with Crippen LogP contribution >= 0.6 is 15.9 Å². The first-order chi connectivity index (χ1) is 8.57. The first-order valence-corrected chi connectivity index (χ1v) is 8.58. The van der Waals surface area contributed by atoms with Crippen molar-refractivity contribution in [3.63, 3.8) is 0 Å². The average molecular weight is 352 g/mol. The molecule has 1 rings (SSSR count). The van der Waals surface area contributed by atoms with Gasteiger partial charge in [-0.3, -0.25) is 0 Å². The molecule has 1 atom stereocenters. The van der Waals surface area contributed by atoms with Gasteiger partial charge in [-0.1, -0.05) is 15.9 Å². The highest BCUT2D eigenvalue weighted by atomic mass is 79.9. The molecule has 19 heavy (non-hydrogen) atoms. The van der Waals surface area contributed by atoms with Crippen LogP contribution in [-0.4, -0.2) is 32.5 Å². The van der Waals surface area contributed by atoms with E-state index in [-0.39, 0.29) is 11.9 Å². The maximum atomic E-state index is 13.3. The fourth-order valence-corrected chi connectivity index (χ4v) is 3.15. The summed E-state index contributed by atoms with van der Waals surface area (Å²) in [6.07, 6.45) is 1.66. The lowest BCUT2D eigenvalue weighted by atomic mass is 9.95. The van der Waals surface area contributed by atoms with Crippen LogP contribution in [0.2, 0.25) is 0 Å². The van der Waals surface area contributed by atoms with Gasteiger partial charge in [0.05, 0.1) is 4.75 Å². The molecule has 1 N–H and O–H groups in total. The van der Waals surface area contributed by atoms with E-state index in [2.05, 4.69) is 21.2 Å². The fraction of sp³-hybridized carbons (Fsp3) is 0.538. The minimum atomic E-state index is -3.22. The molecule has 6 heteroatoms. The van der Waals surface area contributed by atoms with Crippen molar-refractivity contribution in [1.82, 2.24) is 5.32 Å². The quantitative estimate of drug-likeness (QED) is 0.886. The Morgan fingerprint density at radius 3 is 2.37 bits per heavy atom. The van der Waals surface area contributed by atoms with E-state index in [1.165, 1.54) is 18.4 Å². The lowest BCUT2D eigenvalue weighted by molar-refractivity contribution is 0.430. The van der Waals surface area contributed by atoms with Crippen molar-refractivity contribution in [1.29, 1.82) is 0 Å². The van der Waals surface area contributed by atoms with Gasteiger partial charge in [0.1, 0.15) is 5.82 Å². The highest BCUT2D eigenvalue weighted by Crippen LogP contribution is 2.24. The molecule has 0 aliphatic heterocycles. The summed E-state index contributed by atoms with van der Waals surface area (Å²) >= 11 is 3.24. The number of benzene rings is 1. The summed E-state index contributed by atoms with van der Waals surface area (Å²) < 4.78 is 36.8. The second-order valence-electron chi connectivity index (χ2n) is 5.20. The Bertz CT molecular complexity index is 538. The van der Waals surface area contributed by atoms with E-state index in [0.29, 0.717) is 10.9 Å². The third kappa shape index (κ3) is 4.00. The zero-order valence-electron chi connectivity index (χ0n) is 11.5. The zero-order valence-corrected chi connectivity index (χ0v) is 13.9. The van der Waals surface area contributed by atoms with Crippen LogP contribution in [0.3, 0.4) is 0 Å². The second kappa shape index (κ2) is 5.89. The highest BCUT2D eigenvalue weighted by Gasteiger charge is 2.38. The lowest BCUT2D eigenvalue weighted by Crippen LogP contribution is -2.51. The standard InChI is InChI=1S/C13H19BrFNO2S/c1-13(2,19(4,17)18)12(16-3)7-9-5-10(14)8-11(15)6-9/h5-6,8,12,16H,7H2,1-4H3. The van der Waals surface area contributed by atoms with Crippen molar-refractivity contribution in [2.75, 3.05) is 13.3 Å². The minimum absolute atomic E-state index is 0.295. The van der Waals surface area contributed by atoms with Gasteiger partial charge >= 0.3 is 0 Å². The van der Waals surface area contributed by atoms with E-state index in [0.717, 1.165) is 5.56 Å². The molecule has 108 valence electrons. The lowest BCUT2D eigenvalue weighted by Gasteiger charge is -2.32. The molecule has 0 aliphatic rings. The summed E-state index contributed by atoms with van der Waals surface area (Å²) in [5, 5.41) is 3.02. The van der Waals surface area contributed by atoms with Gasteiger partial charge in [-0.15, -0.1) is 0 Å². The molecule has 0 bridgehead atoms. The topological polar surface area (TPSA) is 46.2 Å². The van der Waals surface area contributed by atoms with Gasteiger partial charge < -0.3 is 5.32 Å². The van der Waals surface area contributed by atoms with E-state index < -0.39 is 14.6 Å².